The van der Waals surface area contributed by atoms with Gasteiger partial charge in [-0.1, -0.05) is 0 Å². The average Bonchev–Trinajstić information content (AvgIpc) is 2.25. The van der Waals surface area contributed by atoms with Crippen molar-refractivity contribution in [3.63, 3.8) is 0 Å². The SMILES string of the molecule is CC(C)N(CCNc1ccc(N)cc1F)C(C)C. The van der Waals surface area contributed by atoms with Crippen LogP contribution in [0.15, 0.2) is 18.2 Å². The number of anilines is 2. The van der Waals surface area contributed by atoms with Crippen molar-refractivity contribution in [3.05, 3.63) is 24.0 Å². The smallest absolute Gasteiger partial charge is 0.148 e. The molecule has 102 valence electrons. The van der Waals surface area contributed by atoms with Crippen molar-refractivity contribution in [2.24, 2.45) is 0 Å². The van der Waals surface area contributed by atoms with Gasteiger partial charge >= 0.3 is 0 Å². The van der Waals surface area contributed by atoms with Gasteiger partial charge in [0.2, 0.25) is 0 Å². The maximum absolute atomic E-state index is 13.5. The van der Waals surface area contributed by atoms with E-state index in [4.69, 9.17) is 5.73 Å². The number of rotatable bonds is 6. The van der Waals surface area contributed by atoms with E-state index in [1.807, 2.05) is 0 Å². The highest BCUT2D eigenvalue weighted by molar-refractivity contribution is 5.52. The van der Waals surface area contributed by atoms with Crippen molar-refractivity contribution in [1.82, 2.24) is 4.90 Å². The molecular weight excluding hydrogens is 229 g/mol. The highest BCUT2D eigenvalue weighted by atomic mass is 19.1. The summed E-state index contributed by atoms with van der Waals surface area (Å²) in [6.45, 7) is 10.3. The van der Waals surface area contributed by atoms with Gasteiger partial charge in [-0.3, -0.25) is 4.90 Å². The summed E-state index contributed by atoms with van der Waals surface area (Å²) in [7, 11) is 0. The van der Waals surface area contributed by atoms with Gasteiger partial charge in [0.25, 0.3) is 0 Å². The van der Waals surface area contributed by atoms with Crippen LogP contribution in [-0.4, -0.2) is 30.1 Å². The number of nitrogen functional groups attached to an aromatic ring is 1. The number of hydrogen-bond acceptors (Lipinski definition) is 3. The molecule has 4 heteroatoms. The minimum atomic E-state index is -0.296. The topological polar surface area (TPSA) is 41.3 Å². The number of nitrogens with one attached hydrogen (secondary N) is 1. The van der Waals surface area contributed by atoms with Crippen LogP contribution < -0.4 is 11.1 Å². The average molecular weight is 253 g/mol. The first-order chi connectivity index (χ1) is 8.41. The molecule has 0 heterocycles. The summed E-state index contributed by atoms with van der Waals surface area (Å²) in [4.78, 5) is 2.36. The molecule has 1 aromatic carbocycles. The van der Waals surface area contributed by atoms with E-state index >= 15 is 0 Å². The normalized spacial score (nSPS) is 11.6. The summed E-state index contributed by atoms with van der Waals surface area (Å²) in [6, 6.07) is 5.70. The van der Waals surface area contributed by atoms with Crippen molar-refractivity contribution in [2.45, 2.75) is 39.8 Å². The molecule has 0 aliphatic carbocycles. The van der Waals surface area contributed by atoms with Crippen LogP contribution in [0.5, 0.6) is 0 Å². The van der Waals surface area contributed by atoms with Crippen LogP contribution in [-0.2, 0) is 0 Å². The van der Waals surface area contributed by atoms with Crippen molar-refractivity contribution in [1.29, 1.82) is 0 Å². The minimum Gasteiger partial charge on any atom is -0.399 e. The summed E-state index contributed by atoms with van der Waals surface area (Å²) >= 11 is 0. The zero-order chi connectivity index (χ0) is 13.7. The zero-order valence-corrected chi connectivity index (χ0v) is 11.7. The highest BCUT2D eigenvalue weighted by Crippen LogP contribution is 2.16. The molecule has 0 atom stereocenters. The number of nitrogens with two attached hydrogens (primary N) is 1. The Morgan fingerprint density at radius 3 is 2.33 bits per heavy atom. The number of hydrogen-bond donors (Lipinski definition) is 2. The fraction of sp³-hybridized carbons (Fsp3) is 0.571. The predicted molar refractivity (Wildman–Crippen MR) is 76.3 cm³/mol. The Labute approximate surface area is 109 Å². The molecule has 0 fully saturated rings. The summed E-state index contributed by atoms with van der Waals surface area (Å²) < 4.78 is 13.5. The van der Waals surface area contributed by atoms with Gasteiger partial charge in [-0.05, 0) is 45.9 Å². The third-order valence-corrected chi connectivity index (χ3v) is 3.01. The van der Waals surface area contributed by atoms with Gasteiger partial charge < -0.3 is 11.1 Å². The molecule has 3 nitrogen and oxygen atoms in total. The highest BCUT2D eigenvalue weighted by Gasteiger charge is 2.12. The van der Waals surface area contributed by atoms with E-state index in [-0.39, 0.29) is 5.82 Å². The number of nitrogens with zero attached hydrogens (tertiary/aromatic N) is 1. The van der Waals surface area contributed by atoms with E-state index in [0.29, 0.717) is 23.5 Å². The molecule has 0 aromatic heterocycles. The first kappa shape index (κ1) is 14.8. The van der Waals surface area contributed by atoms with Crippen LogP contribution in [0, 0.1) is 5.82 Å². The quantitative estimate of drug-likeness (QED) is 0.766. The van der Waals surface area contributed by atoms with Crippen LogP contribution >= 0.6 is 0 Å². The number of halogens is 1. The van der Waals surface area contributed by atoms with E-state index in [9.17, 15) is 4.39 Å². The Hall–Kier alpha value is -1.29. The second kappa shape index (κ2) is 6.59. The van der Waals surface area contributed by atoms with Crippen molar-refractivity contribution in [2.75, 3.05) is 24.1 Å². The van der Waals surface area contributed by atoms with Gasteiger partial charge in [0.05, 0.1) is 5.69 Å². The molecule has 0 spiro atoms. The Kier molecular flexibility index (Phi) is 5.41. The molecule has 1 rings (SSSR count). The maximum Gasteiger partial charge on any atom is 0.148 e. The van der Waals surface area contributed by atoms with Gasteiger partial charge in [0, 0.05) is 30.9 Å². The summed E-state index contributed by atoms with van der Waals surface area (Å²) in [5.41, 5.74) is 6.47. The Morgan fingerprint density at radius 1 is 1.22 bits per heavy atom. The van der Waals surface area contributed by atoms with E-state index in [1.54, 1.807) is 12.1 Å². The fourth-order valence-electron chi connectivity index (χ4n) is 2.11. The van der Waals surface area contributed by atoms with Crippen LogP contribution in [0.25, 0.3) is 0 Å². The monoisotopic (exact) mass is 253 g/mol. The van der Waals surface area contributed by atoms with E-state index in [2.05, 4.69) is 37.9 Å². The Balaban J connectivity index is 2.50. The molecule has 0 aliphatic rings. The third-order valence-electron chi connectivity index (χ3n) is 3.01. The van der Waals surface area contributed by atoms with Gasteiger partial charge in [-0.2, -0.15) is 0 Å². The second-order valence-electron chi connectivity index (χ2n) is 5.09. The van der Waals surface area contributed by atoms with Crippen molar-refractivity contribution < 1.29 is 4.39 Å². The van der Waals surface area contributed by atoms with Crippen LogP contribution in [0.3, 0.4) is 0 Å². The molecule has 3 N–H and O–H groups in total. The van der Waals surface area contributed by atoms with Gasteiger partial charge in [-0.25, -0.2) is 4.39 Å². The lowest BCUT2D eigenvalue weighted by Gasteiger charge is -2.30. The van der Waals surface area contributed by atoms with Crippen LogP contribution in [0.4, 0.5) is 15.8 Å². The Bertz CT molecular complexity index is 369. The van der Waals surface area contributed by atoms with E-state index in [1.165, 1.54) is 6.07 Å². The van der Waals surface area contributed by atoms with Crippen molar-refractivity contribution in [3.8, 4) is 0 Å². The Morgan fingerprint density at radius 2 is 1.83 bits per heavy atom. The molecule has 0 saturated carbocycles. The van der Waals surface area contributed by atoms with Crippen molar-refractivity contribution >= 4 is 11.4 Å². The van der Waals surface area contributed by atoms with Gasteiger partial charge in [0.15, 0.2) is 0 Å². The first-order valence-electron chi connectivity index (χ1n) is 6.46. The lowest BCUT2D eigenvalue weighted by atomic mass is 10.2. The molecule has 1 aromatic rings. The summed E-state index contributed by atoms with van der Waals surface area (Å²) in [5, 5.41) is 3.11. The standard InChI is InChI=1S/C14H24FN3/c1-10(2)18(11(3)4)8-7-17-14-6-5-12(16)9-13(14)15/h5-6,9-11,17H,7-8,16H2,1-4H3. The molecule has 0 bridgehead atoms. The lowest BCUT2D eigenvalue weighted by Crippen LogP contribution is -2.40. The van der Waals surface area contributed by atoms with E-state index < -0.39 is 0 Å². The van der Waals surface area contributed by atoms with Gasteiger partial charge in [0.1, 0.15) is 5.82 Å². The minimum absolute atomic E-state index is 0.296. The van der Waals surface area contributed by atoms with Gasteiger partial charge in [-0.15, -0.1) is 0 Å². The maximum atomic E-state index is 13.5. The molecule has 0 aliphatic heterocycles. The molecule has 0 radical (unpaired) electrons. The lowest BCUT2D eigenvalue weighted by molar-refractivity contribution is 0.182. The van der Waals surface area contributed by atoms with Crippen LogP contribution in [0.1, 0.15) is 27.7 Å². The number of benzene rings is 1. The van der Waals surface area contributed by atoms with E-state index in [0.717, 1.165) is 13.1 Å². The molecule has 18 heavy (non-hydrogen) atoms. The summed E-state index contributed by atoms with van der Waals surface area (Å²) in [6.07, 6.45) is 0. The molecular formula is C14H24FN3. The molecule has 0 amide bonds. The third kappa shape index (κ3) is 4.18. The molecule has 0 unspecified atom stereocenters. The molecule has 0 saturated heterocycles. The first-order valence-corrected chi connectivity index (χ1v) is 6.46. The largest absolute Gasteiger partial charge is 0.399 e. The fourth-order valence-corrected chi connectivity index (χ4v) is 2.11. The second-order valence-corrected chi connectivity index (χ2v) is 5.09. The predicted octanol–water partition coefficient (Wildman–Crippen LogP) is 2.94. The van der Waals surface area contributed by atoms with Crippen LogP contribution in [0.2, 0.25) is 0 Å². The zero-order valence-electron chi connectivity index (χ0n) is 11.7. The summed E-state index contributed by atoms with van der Waals surface area (Å²) in [5.74, 6) is -0.296.